The van der Waals surface area contributed by atoms with Crippen molar-refractivity contribution in [2.24, 2.45) is 11.7 Å². The van der Waals surface area contributed by atoms with E-state index in [1.54, 1.807) is 24.3 Å². The first-order valence-corrected chi connectivity index (χ1v) is 8.25. The van der Waals surface area contributed by atoms with Crippen LogP contribution in [0.2, 0.25) is 0 Å². The highest BCUT2D eigenvalue weighted by molar-refractivity contribution is 6.05. The largest absolute Gasteiger partial charge is 0.480 e. The third-order valence-electron chi connectivity index (χ3n) is 4.26. The Balaban J connectivity index is 2.29. The first-order valence-electron chi connectivity index (χ1n) is 8.25. The molecule has 0 saturated carbocycles. The van der Waals surface area contributed by atoms with Gasteiger partial charge in [0.1, 0.15) is 30.5 Å². The van der Waals surface area contributed by atoms with Crippen molar-refractivity contribution in [1.29, 1.82) is 0 Å². The summed E-state index contributed by atoms with van der Waals surface area (Å²) in [6.07, 6.45) is 0.130. The zero-order valence-electron chi connectivity index (χ0n) is 14.9. The molecule has 10 nitrogen and oxygen atoms in total. The Bertz CT molecular complexity index is 950. The van der Waals surface area contributed by atoms with Crippen molar-refractivity contribution in [3.05, 3.63) is 36.0 Å². The molecule has 3 atom stereocenters. The van der Waals surface area contributed by atoms with Gasteiger partial charge in [0.2, 0.25) is 0 Å². The second-order valence-corrected chi connectivity index (χ2v) is 6.19. The summed E-state index contributed by atoms with van der Waals surface area (Å²) in [4.78, 5) is 58.2. The number of nitrogens with zero attached hydrogens (tertiary/aromatic N) is 1. The SMILES string of the molecule is CC(NC(=O)c1cc2ccccc2n1CC(=O)O)C(=O)[C@H](C=O)C(N)C(=O)O. The number of rotatable bonds is 9. The van der Waals surface area contributed by atoms with Gasteiger partial charge in [-0.2, -0.15) is 0 Å². The van der Waals surface area contributed by atoms with Crippen LogP contribution >= 0.6 is 0 Å². The Kier molecular flexibility index (Phi) is 6.26. The van der Waals surface area contributed by atoms with Gasteiger partial charge in [0.15, 0.2) is 5.78 Å². The number of carboxylic acids is 2. The van der Waals surface area contributed by atoms with Crippen LogP contribution in [0.15, 0.2) is 30.3 Å². The number of carboxylic acid groups (broad SMARTS) is 2. The predicted octanol–water partition coefficient (Wildman–Crippen LogP) is -0.360. The minimum Gasteiger partial charge on any atom is -0.480 e. The van der Waals surface area contributed by atoms with Crippen molar-refractivity contribution in [2.75, 3.05) is 0 Å². The summed E-state index contributed by atoms with van der Waals surface area (Å²) in [6, 6.07) is 5.29. The molecule has 2 unspecified atom stereocenters. The molecule has 2 rings (SSSR count). The average Bonchev–Trinajstić information content (AvgIpc) is 3.00. The third kappa shape index (κ3) is 4.23. The van der Waals surface area contributed by atoms with E-state index in [9.17, 15) is 24.0 Å². The zero-order valence-corrected chi connectivity index (χ0v) is 14.9. The summed E-state index contributed by atoms with van der Waals surface area (Å²) in [7, 11) is 0. The van der Waals surface area contributed by atoms with Gasteiger partial charge in [-0.15, -0.1) is 0 Å². The molecule has 28 heavy (non-hydrogen) atoms. The zero-order chi connectivity index (χ0) is 21.0. The van der Waals surface area contributed by atoms with Gasteiger partial charge in [0.25, 0.3) is 5.91 Å². The molecule has 5 N–H and O–H groups in total. The average molecular weight is 389 g/mol. The van der Waals surface area contributed by atoms with E-state index in [-0.39, 0.29) is 12.0 Å². The number of para-hydroxylation sites is 1. The van der Waals surface area contributed by atoms with E-state index in [0.29, 0.717) is 10.9 Å². The number of benzene rings is 1. The molecule has 0 spiro atoms. The Morgan fingerprint density at radius 2 is 1.86 bits per heavy atom. The molecule has 0 bridgehead atoms. The van der Waals surface area contributed by atoms with Gasteiger partial charge in [-0.3, -0.25) is 19.2 Å². The number of aldehydes is 1. The number of aliphatic carboxylic acids is 2. The van der Waals surface area contributed by atoms with Crippen LogP contribution in [0.5, 0.6) is 0 Å². The molecular weight excluding hydrogens is 370 g/mol. The number of Topliss-reactive ketones (excluding diaryl/α,β-unsaturated/α-hetero) is 1. The van der Waals surface area contributed by atoms with Crippen LogP contribution in [0.25, 0.3) is 10.9 Å². The minimum atomic E-state index is -1.73. The van der Waals surface area contributed by atoms with Crippen LogP contribution in [-0.2, 0) is 25.7 Å². The Hall–Kier alpha value is -3.53. The highest BCUT2D eigenvalue weighted by atomic mass is 16.4. The highest BCUT2D eigenvalue weighted by Gasteiger charge is 2.34. The summed E-state index contributed by atoms with van der Waals surface area (Å²) in [5, 5.41) is 21.0. The van der Waals surface area contributed by atoms with Crippen molar-refractivity contribution < 1.29 is 34.2 Å². The smallest absolute Gasteiger partial charge is 0.323 e. The number of nitrogens with two attached hydrogens (primary N) is 1. The van der Waals surface area contributed by atoms with Crippen molar-refractivity contribution in [3.63, 3.8) is 0 Å². The van der Waals surface area contributed by atoms with E-state index in [1.807, 2.05) is 0 Å². The lowest BCUT2D eigenvalue weighted by Gasteiger charge is -2.19. The number of carbonyl (C=O) groups is 5. The number of aromatic nitrogens is 1. The van der Waals surface area contributed by atoms with Gasteiger partial charge >= 0.3 is 11.9 Å². The number of hydrogen-bond acceptors (Lipinski definition) is 6. The van der Waals surface area contributed by atoms with E-state index >= 15 is 0 Å². The Labute approximate surface area is 158 Å². The second kappa shape index (κ2) is 8.44. The monoisotopic (exact) mass is 389 g/mol. The number of fused-ring (bicyclic) bond motifs is 1. The number of carbonyl (C=O) groups excluding carboxylic acids is 3. The van der Waals surface area contributed by atoms with Crippen LogP contribution < -0.4 is 11.1 Å². The van der Waals surface area contributed by atoms with Crippen LogP contribution in [-0.4, -0.2) is 56.8 Å². The first-order chi connectivity index (χ1) is 13.2. The van der Waals surface area contributed by atoms with Crippen molar-refractivity contribution >= 4 is 40.8 Å². The number of hydrogen-bond donors (Lipinski definition) is 4. The van der Waals surface area contributed by atoms with E-state index in [1.165, 1.54) is 17.6 Å². The maximum atomic E-state index is 12.6. The molecule has 0 saturated heterocycles. The minimum absolute atomic E-state index is 0.00781. The van der Waals surface area contributed by atoms with Crippen LogP contribution in [0.1, 0.15) is 17.4 Å². The van der Waals surface area contributed by atoms with Gasteiger partial charge < -0.3 is 30.6 Å². The second-order valence-electron chi connectivity index (χ2n) is 6.19. The van der Waals surface area contributed by atoms with Crippen molar-refractivity contribution in [3.8, 4) is 0 Å². The molecule has 0 radical (unpaired) electrons. The van der Waals surface area contributed by atoms with E-state index in [4.69, 9.17) is 15.9 Å². The predicted molar refractivity (Wildman–Crippen MR) is 96.7 cm³/mol. The van der Waals surface area contributed by atoms with E-state index in [0.717, 1.165) is 0 Å². The molecule has 1 aromatic carbocycles. The molecular formula is C18H19N3O7. The maximum Gasteiger partial charge on any atom is 0.323 e. The van der Waals surface area contributed by atoms with Crippen molar-refractivity contribution in [2.45, 2.75) is 25.6 Å². The first kappa shape index (κ1) is 20.8. The van der Waals surface area contributed by atoms with Gasteiger partial charge in [-0.25, -0.2) is 0 Å². The molecule has 0 fully saturated rings. The molecule has 0 aliphatic rings. The van der Waals surface area contributed by atoms with Crippen LogP contribution in [0.3, 0.4) is 0 Å². The fraction of sp³-hybridized carbons (Fsp3) is 0.278. The maximum absolute atomic E-state index is 12.6. The van der Waals surface area contributed by atoms with Gasteiger partial charge in [0, 0.05) is 10.9 Å². The van der Waals surface area contributed by atoms with Crippen LogP contribution in [0, 0.1) is 5.92 Å². The van der Waals surface area contributed by atoms with Crippen molar-refractivity contribution in [1.82, 2.24) is 9.88 Å². The summed E-state index contributed by atoms with van der Waals surface area (Å²) in [6.45, 7) is 0.814. The molecule has 0 aliphatic heterocycles. The summed E-state index contributed by atoms with van der Waals surface area (Å²) < 4.78 is 1.28. The topological polar surface area (TPSA) is 169 Å². The van der Waals surface area contributed by atoms with E-state index < -0.39 is 48.2 Å². The molecule has 148 valence electrons. The number of ketones is 1. The molecule has 1 aromatic heterocycles. The fourth-order valence-electron chi connectivity index (χ4n) is 2.82. The fourth-order valence-corrected chi connectivity index (χ4v) is 2.82. The number of nitrogens with one attached hydrogen (secondary N) is 1. The van der Waals surface area contributed by atoms with Crippen LogP contribution in [0.4, 0.5) is 0 Å². The van der Waals surface area contributed by atoms with Gasteiger partial charge in [-0.1, -0.05) is 18.2 Å². The quantitative estimate of drug-likeness (QED) is 0.333. The highest BCUT2D eigenvalue weighted by Crippen LogP contribution is 2.20. The van der Waals surface area contributed by atoms with E-state index in [2.05, 4.69) is 5.32 Å². The summed E-state index contributed by atoms with van der Waals surface area (Å²) in [5.41, 5.74) is 5.88. The molecule has 1 amide bonds. The van der Waals surface area contributed by atoms with Gasteiger partial charge in [-0.05, 0) is 19.1 Å². The Morgan fingerprint density at radius 3 is 2.43 bits per heavy atom. The lowest BCUT2D eigenvalue weighted by atomic mass is 9.93. The molecule has 0 aliphatic carbocycles. The normalized spacial score (nSPS) is 14.1. The lowest BCUT2D eigenvalue weighted by molar-refractivity contribution is -0.144. The summed E-state index contributed by atoms with van der Waals surface area (Å²) >= 11 is 0. The Morgan fingerprint density at radius 1 is 1.21 bits per heavy atom. The molecule has 2 aromatic rings. The lowest BCUT2D eigenvalue weighted by Crippen LogP contribution is -2.50. The molecule has 1 heterocycles. The number of amides is 1. The third-order valence-corrected chi connectivity index (χ3v) is 4.26. The van der Waals surface area contributed by atoms with Gasteiger partial charge in [0.05, 0.1) is 6.04 Å². The standard InChI is InChI=1S/C18H19N3O7/c1-9(16(25)11(8-22)15(19)18(27)28)20-17(26)13-6-10-4-2-3-5-12(10)21(13)7-14(23)24/h2-6,8-9,11,15H,7,19H2,1H3,(H,20,26)(H,23,24)(H,27,28)/t9?,11-,15?/m1/s1. The summed E-state index contributed by atoms with van der Waals surface area (Å²) in [5.74, 6) is -5.91. The molecule has 10 heteroatoms.